The summed E-state index contributed by atoms with van der Waals surface area (Å²) in [5, 5.41) is 4.94. The van der Waals surface area contributed by atoms with Crippen LogP contribution in [0.15, 0.2) is 11.4 Å². The monoisotopic (exact) mass is 352 g/mol. The van der Waals surface area contributed by atoms with Crippen molar-refractivity contribution in [3.63, 3.8) is 0 Å². The van der Waals surface area contributed by atoms with Crippen LogP contribution in [0.1, 0.15) is 9.67 Å². The zero-order chi connectivity index (χ0) is 15.6. The summed E-state index contributed by atoms with van der Waals surface area (Å²) in [5.41, 5.74) is 0. The SMILES string of the molecule is CN(C)S(=O)(=O)CC1COCC1NC(=O)c1sccc1Cl. The van der Waals surface area contributed by atoms with E-state index in [0.29, 0.717) is 23.1 Å². The molecule has 9 heteroatoms. The van der Waals surface area contributed by atoms with Gasteiger partial charge in [0, 0.05) is 20.0 Å². The second kappa shape index (κ2) is 6.62. The van der Waals surface area contributed by atoms with Gasteiger partial charge in [0.05, 0.1) is 30.0 Å². The second-order valence-corrected chi connectivity index (χ2v) is 8.59. The van der Waals surface area contributed by atoms with Crippen molar-refractivity contribution in [2.45, 2.75) is 6.04 Å². The van der Waals surface area contributed by atoms with Crippen molar-refractivity contribution < 1.29 is 17.9 Å². The van der Waals surface area contributed by atoms with Gasteiger partial charge in [0.2, 0.25) is 10.0 Å². The van der Waals surface area contributed by atoms with Gasteiger partial charge >= 0.3 is 0 Å². The van der Waals surface area contributed by atoms with E-state index in [2.05, 4.69) is 5.32 Å². The molecule has 2 atom stereocenters. The van der Waals surface area contributed by atoms with Crippen LogP contribution in [0.25, 0.3) is 0 Å². The molecule has 0 spiro atoms. The van der Waals surface area contributed by atoms with Gasteiger partial charge in [0.15, 0.2) is 0 Å². The van der Waals surface area contributed by atoms with Crippen LogP contribution < -0.4 is 5.32 Å². The zero-order valence-corrected chi connectivity index (χ0v) is 14.1. The molecule has 2 unspecified atom stereocenters. The predicted octanol–water partition coefficient (Wildman–Crippen LogP) is 1.04. The van der Waals surface area contributed by atoms with Crippen LogP contribution in [0.2, 0.25) is 5.02 Å². The minimum atomic E-state index is -3.33. The number of nitrogens with zero attached hydrogens (tertiary/aromatic N) is 1. The van der Waals surface area contributed by atoms with E-state index >= 15 is 0 Å². The summed E-state index contributed by atoms with van der Waals surface area (Å²) in [6, 6.07) is 1.32. The summed E-state index contributed by atoms with van der Waals surface area (Å²) in [7, 11) is -0.353. The molecule has 1 amide bonds. The number of rotatable bonds is 5. The van der Waals surface area contributed by atoms with E-state index in [4.69, 9.17) is 16.3 Å². The Kier molecular flexibility index (Phi) is 5.26. The molecule has 1 aromatic rings. The van der Waals surface area contributed by atoms with Gasteiger partial charge in [-0.3, -0.25) is 4.79 Å². The van der Waals surface area contributed by atoms with Crippen LogP contribution in [-0.2, 0) is 14.8 Å². The maximum Gasteiger partial charge on any atom is 0.263 e. The largest absolute Gasteiger partial charge is 0.379 e. The first-order valence-electron chi connectivity index (χ1n) is 6.33. The molecule has 1 saturated heterocycles. The summed E-state index contributed by atoms with van der Waals surface area (Å²) in [6.45, 7) is 0.624. The zero-order valence-electron chi connectivity index (χ0n) is 11.7. The van der Waals surface area contributed by atoms with Crippen molar-refractivity contribution in [2.24, 2.45) is 5.92 Å². The molecular weight excluding hydrogens is 336 g/mol. The lowest BCUT2D eigenvalue weighted by atomic mass is 10.1. The number of carbonyl (C=O) groups excluding carboxylic acids is 1. The van der Waals surface area contributed by atoms with Gasteiger partial charge in [-0.2, -0.15) is 0 Å². The molecule has 2 heterocycles. The average molecular weight is 353 g/mol. The lowest BCUT2D eigenvalue weighted by Gasteiger charge is -2.20. The number of nitrogens with one attached hydrogen (secondary N) is 1. The summed E-state index contributed by atoms with van der Waals surface area (Å²) in [5.74, 6) is -0.610. The number of hydrogen-bond acceptors (Lipinski definition) is 5. The summed E-state index contributed by atoms with van der Waals surface area (Å²) in [4.78, 5) is 12.6. The minimum Gasteiger partial charge on any atom is -0.379 e. The van der Waals surface area contributed by atoms with Gasteiger partial charge in [-0.25, -0.2) is 12.7 Å². The van der Waals surface area contributed by atoms with E-state index in [1.807, 2.05) is 0 Å². The Morgan fingerprint density at radius 3 is 2.81 bits per heavy atom. The quantitative estimate of drug-likeness (QED) is 0.859. The molecule has 1 aliphatic rings. The molecule has 2 rings (SSSR count). The van der Waals surface area contributed by atoms with Crippen molar-refractivity contribution in [3.05, 3.63) is 21.3 Å². The first kappa shape index (κ1) is 16.7. The maximum atomic E-state index is 12.1. The summed E-state index contributed by atoms with van der Waals surface area (Å²) in [6.07, 6.45) is 0. The topological polar surface area (TPSA) is 75.7 Å². The number of ether oxygens (including phenoxy) is 1. The number of thiophene rings is 1. The second-order valence-electron chi connectivity index (χ2n) is 5.04. The van der Waals surface area contributed by atoms with Crippen LogP contribution in [-0.4, -0.2) is 57.7 Å². The molecule has 1 N–H and O–H groups in total. The third kappa shape index (κ3) is 3.95. The number of sulfonamides is 1. The Balaban J connectivity index is 2.03. The molecule has 0 aliphatic carbocycles. The van der Waals surface area contributed by atoms with Crippen LogP contribution in [0.3, 0.4) is 0 Å². The van der Waals surface area contributed by atoms with Crippen molar-refractivity contribution in [3.8, 4) is 0 Å². The molecule has 1 aliphatic heterocycles. The third-order valence-electron chi connectivity index (χ3n) is 3.32. The number of carbonyl (C=O) groups is 1. The van der Waals surface area contributed by atoms with Gasteiger partial charge < -0.3 is 10.1 Å². The fourth-order valence-corrected chi connectivity index (χ4v) is 4.24. The van der Waals surface area contributed by atoms with Gasteiger partial charge in [-0.15, -0.1) is 11.3 Å². The molecule has 0 radical (unpaired) electrons. The Labute approximate surface area is 133 Å². The average Bonchev–Trinajstić information content (AvgIpc) is 2.98. The number of hydrogen-bond donors (Lipinski definition) is 1. The molecule has 21 heavy (non-hydrogen) atoms. The highest BCUT2D eigenvalue weighted by molar-refractivity contribution is 7.89. The Morgan fingerprint density at radius 2 is 2.24 bits per heavy atom. The van der Waals surface area contributed by atoms with Gasteiger partial charge in [0.1, 0.15) is 4.88 Å². The molecule has 6 nitrogen and oxygen atoms in total. The summed E-state index contributed by atoms with van der Waals surface area (Å²) < 4.78 is 30.4. The lowest BCUT2D eigenvalue weighted by molar-refractivity contribution is 0.0930. The van der Waals surface area contributed by atoms with Crippen LogP contribution in [0, 0.1) is 5.92 Å². The molecule has 1 fully saturated rings. The van der Waals surface area contributed by atoms with Crippen molar-refractivity contribution in [1.29, 1.82) is 0 Å². The fraction of sp³-hybridized carbons (Fsp3) is 0.583. The Bertz CT molecular complexity index is 615. The van der Waals surface area contributed by atoms with Crippen LogP contribution in [0.5, 0.6) is 0 Å². The predicted molar refractivity (Wildman–Crippen MR) is 82.4 cm³/mol. The molecule has 0 saturated carbocycles. The van der Waals surface area contributed by atoms with E-state index in [-0.39, 0.29) is 23.6 Å². The highest BCUT2D eigenvalue weighted by Gasteiger charge is 2.34. The Hall–Kier alpha value is -0.670. The first-order chi connectivity index (χ1) is 9.81. The van der Waals surface area contributed by atoms with E-state index in [0.717, 1.165) is 0 Å². The third-order valence-corrected chi connectivity index (χ3v) is 6.62. The highest BCUT2D eigenvalue weighted by Crippen LogP contribution is 2.23. The van der Waals surface area contributed by atoms with Crippen molar-refractivity contribution in [2.75, 3.05) is 33.1 Å². The molecular formula is C12H17ClN2O4S2. The minimum absolute atomic E-state index is 0.0525. The number of amides is 1. The number of halogens is 1. The van der Waals surface area contributed by atoms with Crippen LogP contribution >= 0.6 is 22.9 Å². The molecule has 0 aromatic carbocycles. The Morgan fingerprint density at radius 1 is 1.52 bits per heavy atom. The lowest BCUT2D eigenvalue weighted by Crippen LogP contribution is -2.43. The van der Waals surface area contributed by atoms with Gasteiger partial charge in [-0.05, 0) is 11.4 Å². The standard InChI is InChI=1S/C12H17ClN2O4S2/c1-15(2)21(17,18)7-8-5-19-6-10(8)14-12(16)11-9(13)3-4-20-11/h3-4,8,10H,5-7H2,1-2H3,(H,14,16). The van der Waals surface area contributed by atoms with Gasteiger partial charge in [-0.1, -0.05) is 11.6 Å². The van der Waals surface area contributed by atoms with Crippen molar-refractivity contribution >= 4 is 38.9 Å². The normalized spacial score (nSPS) is 22.7. The fourth-order valence-electron chi connectivity index (χ4n) is 2.03. The van der Waals surface area contributed by atoms with E-state index < -0.39 is 10.0 Å². The van der Waals surface area contributed by atoms with E-state index in [9.17, 15) is 13.2 Å². The smallest absolute Gasteiger partial charge is 0.263 e. The first-order valence-corrected chi connectivity index (χ1v) is 9.19. The molecule has 0 bridgehead atoms. The van der Waals surface area contributed by atoms with Crippen LogP contribution in [0.4, 0.5) is 0 Å². The van der Waals surface area contributed by atoms with E-state index in [1.54, 1.807) is 11.4 Å². The maximum absolute atomic E-state index is 12.1. The molecule has 118 valence electrons. The molecule has 1 aromatic heterocycles. The van der Waals surface area contributed by atoms with Gasteiger partial charge in [0.25, 0.3) is 5.91 Å². The highest BCUT2D eigenvalue weighted by atomic mass is 35.5. The van der Waals surface area contributed by atoms with Crippen molar-refractivity contribution in [1.82, 2.24) is 9.62 Å². The van der Waals surface area contributed by atoms with E-state index in [1.165, 1.54) is 29.7 Å². The summed E-state index contributed by atoms with van der Waals surface area (Å²) >= 11 is 7.17.